The number of hydrogen-bond donors (Lipinski definition) is 1. The summed E-state index contributed by atoms with van der Waals surface area (Å²) in [6, 6.07) is 6.86. The first kappa shape index (κ1) is 17.9. The first-order valence-corrected chi connectivity index (χ1v) is 10.1. The van der Waals surface area contributed by atoms with E-state index in [1.165, 1.54) is 0 Å². The largest absolute Gasteiger partial charge is 0.460 e. The quantitative estimate of drug-likeness (QED) is 0.818. The highest BCUT2D eigenvalue weighted by atomic mass is 32.2. The number of carbonyl (C=O) groups excluding carboxylic acids is 1. The Kier molecular flexibility index (Phi) is 4.62. The molecule has 1 aromatic carbocycles. The molecule has 2 aliphatic rings. The fourth-order valence-electron chi connectivity index (χ4n) is 3.24. The van der Waals surface area contributed by atoms with Crippen LogP contribution in [-0.4, -0.2) is 31.9 Å². The van der Waals surface area contributed by atoms with Crippen LogP contribution in [0.4, 0.5) is 0 Å². The molecular weight excluding hydrogens is 340 g/mol. The maximum Gasteiger partial charge on any atom is 0.309 e. The molecule has 0 spiro atoms. The summed E-state index contributed by atoms with van der Waals surface area (Å²) in [7, 11) is -3.50. The molecule has 1 heterocycles. The van der Waals surface area contributed by atoms with E-state index in [0.29, 0.717) is 24.2 Å². The normalized spacial score (nSPS) is 26.8. The smallest absolute Gasteiger partial charge is 0.309 e. The van der Waals surface area contributed by atoms with Crippen molar-refractivity contribution in [2.45, 2.75) is 63.0 Å². The molecule has 6 nitrogen and oxygen atoms in total. The van der Waals surface area contributed by atoms with Gasteiger partial charge in [-0.3, -0.25) is 14.5 Å². The van der Waals surface area contributed by atoms with Gasteiger partial charge in [0.25, 0.3) is 10.0 Å². The monoisotopic (exact) mass is 364 g/mol. The van der Waals surface area contributed by atoms with Gasteiger partial charge in [-0.1, -0.05) is 12.1 Å². The van der Waals surface area contributed by atoms with Gasteiger partial charge in [-0.05, 0) is 58.6 Å². The van der Waals surface area contributed by atoms with Gasteiger partial charge in [-0.2, -0.15) is 0 Å². The third-order valence-electron chi connectivity index (χ3n) is 4.41. The number of aliphatic imine (C=N–C) groups is 1. The number of amidine groups is 1. The van der Waals surface area contributed by atoms with Crippen LogP contribution in [0.1, 0.15) is 52.0 Å². The van der Waals surface area contributed by atoms with Gasteiger partial charge in [0, 0.05) is 5.56 Å². The van der Waals surface area contributed by atoms with Gasteiger partial charge in [0.1, 0.15) is 11.4 Å². The number of sulfonamides is 1. The molecule has 1 N–H and O–H groups in total. The van der Waals surface area contributed by atoms with E-state index < -0.39 is 15.6 Å². The molecule has 0 saturated heterocycles. The number of rotatable bonds is 2. The molecule has 1 aromatic rings. The minimum atomic E-state index is -3.50. The van der Waals surface area contributed by atoms with Crippen molar-refractivity contribution in [3.8, 4) is 0 Å². The summed E-state index contributed by atoms with van der Waals surface area (Å²) in [4.78, 5) is 17.1. The zero-order valence-corrected chi connectivity index (χ0v) is 15.6. The van der Waals surface area contributed by atoms with Gasteiger partial charge < -0.3 is 4.74 Å². The summed E-state index contributed by atoms with van der Waals surface area (Å²) in [5.41, 5.74) is 0.150. The minimum absolute atomic E-state index is 0.0162. The second-order valence-electron chi connectivity index (χ2n) is 7.62. The van der Waals surface area contributed by atoms with Crippen molar-refractivity contribution < 1.29 is 17.9 Å². The SMILES string of the molecule is CC(C)(C)OC(=O)C1CCC(N=C2NS(=O)(=O)c3ccccc32)CC1. The molecule has 0 radical (unpaired) electrons. The van der Waals surface area contributed by atoms with Crippen molar-refractivity contribution in [2.75, 3.05) is 0 Å². The van der Waals surface area contributed by atoms with Crippen molar-refractivity contribution >= 4 is 21.8 Å². The highest BCUT2D eigenvalue weighted by molar-refractivity contribution is 7.90. The first-order valence-electron chi connectivity index (χ1n) is 8.58. The Labute approximate surface area is 148 Å². The number of carbonyl (C=O) groups is 1. The molecule has 25 heavy (non-hydrogen) atoms. The lowest BCUT2D eigenvalue weighted by atomic mass is 9.86. The van der Waals surface area contributed by atoms with Crippen LogP contribution in [0.15, 0.2) is 34.2 Å². The average Bonchev–Trinajstić information content (AvgIpc) is 2.78. The van der Waals surface area contributed by atoms with Gasteiger partial charge in [-0.15, -0.1) is 0 Å². The second kappa shape index (κ2) is 6.44. The molecule has 7 heteroatoms. The van der Waals surface area contributed by atoms with Crippen molar-refractivity contribution in [1.82, 2.24) is 4.72 Å². The van der Waals surface area contributed by atoms with Crippen LogP contribution in [-0.2, 0) is 19.6 Å². The molecule has 1 fully saturated rings. The molecular formula is C18H24N2O4S. The van der Waals surface area contributed by atoms with Crippen LogP contribution in [0.25, 0.3) is 0 Å². The number of benzene rings is 1. The fraction of sp³-hybridized carbons (Fsp3) is 0.556. The highest BCUT2D eigenvalue weighted by Crippen LogP contribution is 2.30. The molecule has 0 bridgehead atoms. The minimum Gasteiger partial charge on any atom is -0.460 e. The molecule has 1 aliphatic heterocycles. The van der Waals surface area contributed by atoms with Gasteiger partial charge >= 0.3 is 5.97 Å². The van der Waals surface area contributed by atoms with Crippen molar-refractivity contribution in [2.24, 2.45) is 10.9 Å². The van der Waals surface area contributed by atoms with Crippen LogP contribution in [0.5, 0.6) is 0 Å². The van der Waals surface area contributed by atoms with Crippen LogP contribution in [0.3, 0.4) is 0 Å². The Bertz CT molecular complexity index is 801. The Morgan fingerprint density at radius 3 is 2.44 bits per heavy atom. The number of fused-ring (bicyclic) bond motifs is 1. The van der Waals surface area contributed by atoms with E-state index >= 15 is 0 Å². The van der Waals surface area contributed by atoms with E-state index in [9.17, 15) is 13.2 Å². The molecule has 3 rings (SSSR count). The lowest BCUT2D eigenvalue weighted by molar-refractivity contribution is -0.161. The van der Waals surface area contributed by atoms with Gasteiger partial charge in [0.15, 0.2) is 0 Å². The van der Waals surface area contributed by atoms with Gasteiger partial charge in [-0.25, -0.2) is 8.42 Å². The summed E-state index contributed by atoms with van der Waals surface area (Å²) in [6.07, 6.45) is 2.92. The number of ether oxygens (including phenoxy) is 1. The van der Waals surface area contributed by atoms with Crippen molar-refractivity contribution in [3.05, 3.63) is 29.8 Å². The number of hydrogen-bond acceptors (Lipinski definition) is 5. The highest BCUT2D eigenvalue weighted by Gasteiger charge is 2.33. The predicted molar refractivity (Wildman–Crippen MR) is 94.9 cm³/mol. The Morgan fingerprint density at radius 1 is 1.16 bits per heavy atom. The predicted octanol–water partition coefficient (Wildman–Crippen LogP) is 2.63. The summed E-state index contributed by atoms with van der Waals surface area (Å²) in [5.74, 6) is 0.171. The van der Waals surface area contributed by atoms with Crippen LogP contribution in [0, 0.1) is 5.92 Å². The average molecular weight is 364 g/mol. The van der Waals surface area contributed by atoms with Crippen LogP contribution >= 0.6 is 0 Å². The molecule has 1 saturated carbocycles. The maximum absolute atomic E-state index is 12.2. The van der Waals surface area contributed by atoms with E-state index in [1.807, 2.05) is 20.8 Å². The molecule has 0 unspecified atom stereocenters. The third-order valence-corrected chi connectivity index (χ3v) is 5.81. The molecule has 1 aliphatic carbocycles. The number of nitrogens with one attached hydrogen (secondary N) is 1. The van der Waals surface area contributed by atoms with Gasteiger partial charge in [0.2, 0.25) is 0 Å². The van der Waals surface area contributed by atoms with Crippen LogP contribution < -0.4 is 4.72 Å². The summed E-state index contributed by atoms with van der Waals surface area (Å²) >= 11 is 0. The summed E-state index contributed by atoms with van der Waals surface area (Å²) in [6.45, 7) is 5.60. The zero-order chi connectivity index (χ0) is 18.2. The fourth-order valence-corrected chi connectivity index (χ4v) is 4.48. The van der Waals surface area contributed by atoms with E-state index in [1.54, 1.807) is 24.3 Å². The molecule has 136 valence electrons. The third kappa shape index (κ3) is 4.03. The molecule has 0 amide bonds. The van der Waals surface area contributed by atoms with E-state index in [-0.39, 0.29) is 22.8 Å². The lowest BCUT2D eigenvalue weighted by Crippen LogP contribution is -2.32. The topological polar surface area (TPSA) is 84.8 Å². The van der Waals surface area contributed by atoms with E-state index in [4.69, 9.17) is 4.74 Å². The number of esters is 1. The van der Waals surface area contributed by atoms with Gasteiger partial charge in [0.05, 0.1) is 16.9 Å². The van der Waals surface area contributed by atoms with Crippen LogP contribution in [0.2, 0.25) is 0 Å². The van der Waals surface area contributed by atoms with E-state index in [2.05, 4.69) is 9.71 Å². The maximum atomic E-state index is 12.2. The first-order chi connectivity index (χ1) is 11.7. The second-order valence-corrected chi connectivity index (χ2v) is 9.27. The Balaban J connectivity index is 1.67. The summed E-state index contributed by atoms with van der Waals surface area (Å²) in [5, 5.41) is 0. The molecule has 0 aromatic heterocycles. The van der Waals surface area contributed by atoms with Crippen molar-refractivity contribution in [3.63, 3.8) is 0 Å². The zero-order valence-electron chi connectivity index (χ0n) is 14.8. The summed E-state index contributed by atoms with van der Waals surface area (Å²) < 4.78 is 32.2. The number of nitrogens with zero attached hydrogens (tertiary/aromatic N) is 1. The Hall–Kier alpha value is -1.89. The van der Waals surface area contributed by atoms with Crippen molar-refractivity contribution in [1.29, 1.82) is 0 Å². The Morgan fingerprint density at radius 2 is 1.80 bits per heavy atom. The lowest BCUT2D eigenvalue weighted by Gasteiger charge is -2.28. The standard InChI is InChI=1S/C18H24N2O4S/c1-18(2,3)24-17(21)12-8-10-13(11-9-12)19-16-14-6-4-5-7-15(14)25(22,23)20-16/h4-7,12-13H,8-11H2,1-3H3,(H,19,20). The molecule has 0 atom stereocenters. The van der Waals surface area contributed by atoms with E-state index in [0.717, 1.165) is 12.8 Å².